The zero-order chi connectivity index (χ0) is 16.1. The van der Waals surface area contributed by atoms with Crippen LogP contribution >= 0.6 is 11.8 Å². The first-order valence-corrected chi connectivity index (χ1v) is 8.80. The summed E-state index contributed by atoms with van der Waals surface area (Å²) >= 11 is 1.78. The predicted molar refractivity (Wildman–Crippen MR) is 95.3 cm³/mol. The van der Waals surface area contributed by atoms with E-state index >= 15 is 0 Å². The van der Waals surface area contributed by atoms with Crippen molar-refractivity contribution in [3.05, 3.63) is 72.0 Å². The summed E-state index contributed by atoms with van der Waals surface area (Å²) in [6.07, 6.45) is 2.11. The summed E-state index contributed by atoms with van der Waals surface area (Å²) in [5, 5.41) is 4.17. The maximum atomic E-state index is 5.49. The fourth-order valence-corrected chi connectivity index (χ4v) is 3.19. The third kappa shape index (κ3) is 4.03. The van der Waals surface area contributed by atoms with Crippen molar-refractivity contribution in [3.8, 4) is 11.3 Å². The minimum absolute atomic E-state index is 0.739. The van der Waals surface area contributed by atoms with Crippen LogP contribution in [0.5, 0.6) is 0 Å². The Hall–Kier alpha value is -2.04. The third-order valence-electron chi connectivity index (χ3n) is 3.69. The standard InChI is InChI=1S/C19H20N2OS/c1-21(13-16-10-6-7-11-19(16)23-2)14-17-12-18(20-22-17)15-8-4-3-5-9-15/h3-12H,13-14H2,1-2H3. The largest absolute Gasteiger partial charge is 0.359 e. The quantitative estimate of drug-likeness (QED) is 0.615. The molecule has 0 aliphatic heterocycles. The van der Waals surface area contributed by atoms with Crippen molar-refractivity contribution in [2.75, 3.05) is 13.3 Å². The molecule has 0 atom stereocenters. The molecule has 0 fully saturated rings. The van der Waals surface area contributed by atoms with Crippen molar-refractivity contribution < 1.29 is 4.52 Å². The number of nitrogens with zero attached hydrogens (tertiary/aromatic N) is 2. The molecule has 0 saturated carbocycles. The highest BCUT2D eigenvalue weighted by Gasteiger charge is 2.10. The van der Waals surface area contributed by atoms with E-state index < -0.39 is 0 Å². The van der Waals surface area contributed by atoms with Crippen LogP contribution in [0.2, 0.25) is 0 Å². The summed E-state index contributed by atoms with van der Waals surface area (Å²) in [7, 11) is 2.10. The van der Waals surface area contributed by atoms with Gasteiger partial charge in [-0.3, -0.25) is 4.90 Å². The van der Waals surface area contributed by atoms with Gasteiger partial charge in [0, 0.05) is 23.1 Å². The predicted octanol–water partition coefficient (Wildman–Crippen LogP) is 4.70. The van der Waals surface area contributed by atoms with Gasteiger partial charge < -0.3 is 4.52 Å². The molecular formula is C19H20N2OS. The summed E-state index contributed by atoms with van der Waals surface area (Å²) in [4.78, 5) is 3.56. The van der Waals surface area contributed by atoms with Crippen molar-refractivity contribution in [1.29, 1.82) is 0 Å². The lowest BCUT2D eigenvalue weighted by Crippen LogP contribution is -2.17. The van der Waals surface area contributed by atoms with Gasteiger partial charge in [-0.2, -0.15) is 0 Å². The molecular weight excluding hydrogens is 304 g/mol. The average molecular weight is 324 g/mol. The second-order valence-electron chi connectivity index (χ2n) is 5.53. The number of thioether (sulfide) groups is 1. The van der Waals surface area contributed by atoms with E-state index in [1.807, 2.05) is 36.4 Å². The van der Waals surface area contributed by atoms with Crippen LogP contribution < -0.4 is 0 Å². The second kappa shape index (κ2) is 7.49. The molecule has 0 radical (unpaired) electrons. The van der Waals surface area contributed by atoms with Gasteiger partial charge in [-0.25, -0.2) is 0 Å². The maximum absolute atomic E-state index is 5.49. The molecule has 0 aliphatic carbocycles. The van der Waals surface area contributed by atoms with Crippen LogP contribution in [0.4, 0.5) is 0 Å². The zero-order valence-electron chi connectivity index (χ0n) is 13.4. The third-order valence-corrected chi connectivity index (χ3v) is 4.53. The Morgan fingerprint density at radius 2 is 1.74 bits per heavy atom. The first-order chi connectivity index (χ1) is 11.3. The monoisotopic (exact) mass is 324 g/mol. The number of hydrogen-bond donors (Lipinski definition) is 0. The fraction of sp³-hybridized carbons (Fsp3) is 0.211. The molecule has 0 aliphatic rings. The Balaban J connectivity index is 1.67. The van der Waals surface area contributed by atoms with Gasteiger partial charge in [0.25, 0.3) is 0 Å². The smallest absolute Gasteiger partial charge is 0.151 e. The summed E-state index contributed by atoms with van der Waals surface area (Å²) in [6, 6.07) is 20.6. The number of benzene rings is 2. The van der Waals surface area contributed by atoms with Crippen LogP contribution in [-0.2, 0) is 13.1 Å². The van der Waals surface area contributed by atoms with E-state index in [0.717, 1.165) is 30.1 Å². The normalized spacial score (nSPS) is 11.1. The molecule has 4 heteroatoms. The zero-order valence-corrected chi connectivity index (χ0v) is 14.2. The van der Waals surface area contributed by atoms with Crippen molar-refractivity contribution >= 4 is 11.8 Å². The average Bonchev–Trinajstić information content (AvgIpc) is 3.04. The second-order valence-corrected chi connectivity index (χ2v) is 6.38. The number of hydrogen-bond acceptors (Lipinski definition) is 4. The van der Waals surface area contributed by atoms with Gasteiger partial charge in [0.05, 0.1) is 6.54 Å². The van der Waals surface area contributed by atoms with Crippen LogP contribution in [0.3, 0.4) is 0 Å². The van der Waals surface area contributed by atoms with E-state index in [0.29, 0.717) is 0 Å². The van der Waals surface area contributed by atoms with Gasteiger partial charge in [0.15, 0.2) is 5.76 Å². The molecule has 2 aromatic carbocycles. The van der Waals surface area contributed by atoms with Gasteiger partial charge in [-0.05, 0) is 24.9 Å². The van der Waals surface area contributed by atoms with Crippen LogP contribution in [-0.4, -0.2) is 23.4 Å². The first-order valence-electron chi connectivity index (χ1n) is 7.57. The summed E-state index contributed by atoms with van der Waals surface area (Å²) < 4.78 is 5.49. The lowest BCUT2D eigenvalue weighted by atomic mass is 10.1. The molecule has 3 rings (SSSR count). The first kappa shape index (κ1) is 15.8. The number of aromatic nitrogens is 1. The lowest BCUT2D eigenvalue weighted by Gasteiger charge is -2.16. The van der Waals surface area contributed by atoms with E-state index in [4.69, 9.17) is 4.52 Å². The minimum atomic E-state index is 0.739. The maximum Gasteiger partial charge on any atom is 0.151 e. The Morgan fingerprint density at radius 1 is 1.00 bits per heavy atom. The molecule has 3 nitrogen and oxygen atoms in total. The van der Waals surface area contributed by atoms with E-state index in [1.54, 1.807) is 11.8 Å². The topological polar surface area (TPSA) is 29.3 Å². The van der Waals surface area contributed by atoms with E-state index in [2.05, 4.69) is 47.6 Å². The molecule has 1 aromatic heterocycles. The Morgan fingerprint density at radius 3 is 2.52 bits per heavy atom. The van der Waals surface area contributed by atoms with Gasteiger partial charge in [-0.15, -0.1) is 11.8 Å². The molecule has 118 valence electrons. The molecule has 0 bridgehead atoms. The summed E-state index contributed by atoms with van der Waals surface area (Å²) in [5.41, 5.74) is 3.31. The minimum Gasteiger partial charge on any atom is -0.359 e. The highest BCUT2D eigenvalue weighted by atomic mass is 32.2. The highest BCUT2D eigenvalue weighted by Crippen LogP contribution is 2.23. The number of rotatable bonds is 6. The molecule has 0 spiro atoms. The van der Waals surface area contributed by atoms with Crippen molar-refractivity contribution in [1.82, 2.24) is 10.1 Å². The van der Waals surface area contributed by atoms with Crippen LogP contribution in [0.1, 0.15) is 11.3 Å². The molecule has 0 N–H and O–H groups in total. The Bertz CT molecular complexity index is 755. The van der Waals surface area contributed by atoms with Crippen molar-refractivity contribution in [2.24, 2.45) is 0 Å². The van der Waals surface area contributed by atoms with E-state index in [-0.39, 0.29) is 0 Å². The molecule has 0 amide bonds. The Labute approximate surface area is 141 Å². The summed E-state index contributed by atoms with van der Waals surface area (Å²) in [5.74, 6) is 0.882. The van der Waals surface area contributed by atoms with Gasteiger partial charge in [0.2, 0.25) is 0 Å². The molecule has 3 aromatic rings. The molecule has 23 heavy (non-hydrogen) atoms. The molecule has 0 saturated heterocycles. The fourth-order valence-electron chi connectivity index (χ4n) is 2.58. The summed E-state index contributed by atoms with van der Waals surface area (Å²) in [6.45, 7) is 1.63. The van der Waals surface area contributed by atoms with E-state index in [1.165, 1.54) is 10.5 Å². The lowest BCUT2D eigenvalue weighted by molar-refractivity contribution is 0.265. The van der Waals surface area contributed by atoms with E-state index in [9.17, 15) is 0 Å². The van der Waals surface area contributed by atoms with Crippen LogP contribution in [0.25, 0.3) is 11.3 Å². The van der Waals surface area contributed by atoms with Crippen LogP contribution in [0, 0.1) is 0 Å². The van der Waals surface area contributed by atoms with Crippen molar-refractivity contribution in [3.63, 3.8) is 0 Å². The molecule has 1 heterocycles. The molecule has 0 unspecified atom stereocenters. The SMILES string of the molecule is CSc1ccccc1CN(C)Cc1cc(-c2ccccc2)no1. The van der Waals surface area contributed by atoms with Crippen LogP contribution in [0.15, 0.2) is 70.1 Å². The van der Waals surface area contributed by atoms with Gasteiger partial charge >= 0.3 is 0 Å². The van der Waals surface area contributed by atoms with Gasteiger partial charge in [0.1, 0.15) is 5.69 Å². The van der Waals surface area contributed by atoms with Gasteiger partial charge in [-0.1, -0.05) is 53.7 Å². The van der Waals surface area contributed by atoms with Crippen molar-refractivity contribution in [2.45, 2.75) is 18.0 Å². The highest BCUT2D eigenvalue weighted by molar-refractivity contribution is 7.98. The Kier molecular flexibility index (Phi) is 5.16.